The van der Waals surface area contributed by atoms with Crippen molar-refractivity contribution in [2.45, 2.75) is 31.7 Å². The van der Waals surface area contributed by atoms with Crippen molar-refractivity contribution in [3.8, 4) is 0 Å². The minimum Gasteiger partial charge on any atom is -0.375 e. The Bertz CT molecular complexity index is 342. The summed E-state index contributed by atoms with van der Waals surface area (Å²) in [5.41, 5.74) is 8.85. The van der Waals surface area contributed by atoms with E-state index in [1.807, 2.05) is 0 Å². The first kappa shape index (κ1) is 10.5. The monoisotopic (exact) mass is 204 g/mol. The zero-order valence-corrected chi connectivity index (χ0v) is 9.66. The van der Waals surface area contributed by atoms with Crippen LogP contribution in [0.4, 0.5) is 5.69 Å². The number of nitrogens with two attached hydrogens (primary N) is 1. The van der Waals surface area contributed by atoms with Crippen molar-refractivity contribution >= 4 is 5.69 Å². The zero-order chi connectivity index (χ0) is 10.9. The van der Waals surface area contributed by atoms with Gasteiger partial charge in [0.05, 0.1) is 0 Å². The SMILES string of the molecule is Cc1cccc(N(C)CCC2(N)CC2)c1. The first-order valence-corrected chi connectivity index (χ1v) is 5.66. The fraction of sp³-hybridized carbons (Fsp3) is 0.538. The van der Waals surface area contributed by atoms with E-state index in [1.165, 1.54) is 24.1 Å². The third-order valence-corrected chi connectivity index (χ3v) is 3.28. The van der Waals surface area contributed by atoms with E-state index in [9.17, 15) is 0 Å². The molecular weight excluding hydrogens is 184 g/mol. The van der Waals surface area contributed by atoms with Gasteiger partial charge in [0.1, 0.15) is 0 Å². The molecule has 1 aromatic carbocycles. The Kier molecular flexibility index (Phi) is 2.70. The summed E-state index contributed by atoms with van der Waals surface area (Å²) in [7, 11) is 2.14. The molecule has 1 aromatic rings. The highest BCUT2D eigenvalue weighted by molar-refractivity contribution is 5.47. The molecule has 0 bridgehead atoms. The van der Waals surface area contributed by atoms with Gasteiger partial charge in [-0.2, -0.15) is 0 Å². The summed E-state index contributed by atoms with van der Waals surface area (Å²) in [6, 6.07) is 8.61. The van der Waals surface area contributed by atoms with Crippen LogP contribution in [0.3, 0.4) is 0 Å². The maximum Gasteiger partial charge on any atom is 0.0366 e. The van der Waals surface area contributed by atoms with Gasteiger partial charge in [0.2, 0.25) is 0 Å². The quantitative estimate of drug-likeness (QED) is 0.815. The minimum absolute atomic E-state index is 0.165. The number of aryl methyl sites for hydroxylation is 1. The number of hydrogen-bond acceptors (Lipinski definition) is 2. The highest BCUT2D eigenvalue weighted by atomic mass is 15.1. The molecule has 0 unspecified atom stereocenters. The second kappa shape index (κ2) is 3.86. The average molecular weight is 204 g/mol. The molecule has 1 aliphatic carbocycles. The highest BCUT2D eigenvalue weighted by Gasteiger charge is 2.37. The molecule has 82 valence electrons. The van der Waals surface area contributed by atoms with Gasteiger partial charge in [-0.05, 0) is 43.9 Å². The molecule has 1 fully saturated rings. The smallest absolute Gasteiger partial charge is 0.0366 e. The van der Waals surface area contributed by atoms with E-state index in [0.29, 0.717) is 0 Å². The van der Waals surface area contributed by atoms with Gasteiger partial charge in [-0.3, -0.25) is 0 Å². The molecule has 2 nitrogen and oxygen atoms in total. The van der Waals surface area contributed by atoms with Crippen molar-refractivity contribution < 1.29 is 0 Å². The zero-order valence-electron chi connectivity index (χ0n) is 9.66. The van der Waals surface area contributed by atoms with Gasteiger partial charge in [0.15, 0.2) is 0 Å². The largest absolute Gasteiger partial charge is 0.375 e. The normalized spacial score (nSPS) is 17.5. The summed E-state index contributed by atoms with van der Waals surface area (Å²) < 4.78 is 0. The summed E-state index contributed by atoms with van der Waals surface area (Å²) in [6.07, 6.45) is 3.51. The van der Waals surface area contributed by atoms with Crippen LogP contribution in [0.1, 0.15) is 24.8 Å². The van der Waals surface area contributed by atoms with E-state index in [4.69, 9.17) is 5.73 Å². The first-order valence-electron chi connectivity index (χ1n) is 5.66. The standard InChI is InChI=1S/C13H20N2/c1-11-4-3-5-12(10-11)15(2)9-8-13(14)6-7-13/h3-5,10H,6-9,14H2,1-2H3. The number of anilines is 1. The lowest BCUT2D eigenvalue weighted by molar-refractivity contribution is 0.606. The summed E-state index contributed by atoms with van der Waals surface area (Å²) in [5.74, 6) is 0. The van der Waals surface area contributed by atoms with Gasteiger partial charge < -0.3 is 10.6 Å². The molecule has 15 heavy (non-hydrogen) atoms. The third-order valence-electron chi connectivity index (χ3n) is 3.28. The van der Waals surface area contributed by atoms with Gasteiger partial charge >= 0.3 is 0 Å². The maximum atomic E-state index is 6.08. The Balaban J connectivity index is 1.92. The molecule has 0 aliphatic heterocycles. The molecule has 0 atom stereocenters. The van der Waals surface area contributed by atoms with Gasteiger partial charge in [-0.15, -0.1) is 0 Å². The first-order chi connectivity index (χ1) is 7.09. The molecule has 0 amide bonds. The van der Waals surface area contributed by atoms with Crippen molar-refractivity contribution in [1.82, 2.24) is 0 Å². The van der Waals surface area contributed by atoms with Crippen LogP contribution in [0.15, 0.2) is 24.3 Å². The van der Waals surface area contributed by atoms with Gasteiger partial charge in [-0.1, -0.05) is 12.1 Å². The minimum atomic E-state index is 0.165. The Hall–Kier alpha value is -1.02. The number of benzene rings is 1. The molecule has 0 heterocycles. The van der Waals surface area contributed by atoms with Crippen LogP contribution in [0, 0.1) is 6.92 Å². The van der Waals surface area contributed by atoms with E-state index in [2.05, 4.69) is 43.1 Å². The maximum absolute atomic E-state index is 6.08. The Morgan fingerprint density at radius 1 is 1.40 bits per heavy atom. The fourth-order valence-corrected chi connectivity index (χ4v) is 1.80. The van der Waals surface area contributed by atoms with Crippen LogP contribution in [-0.4, -0.2) is 19.1 Å². The molecule has 1 aliphatic rings. The predicted octanol–water partition coefficient (Wildman–Crippen LogP) is 2.31. The van der Waals surface area contributed by atoms with E-state index in [-0.39, 0.29) is 5.54 Å². The van der Waals surface area contributed by atoms with E-state index < -0.39 is 0 Å². The molecule has 1 saturated carbocycles. The van der Waals surface area contributed by atoms with Crippen LogP contribution in [0.5, 0.6) is 0 Å². The van der Waals surface area contributed by atoms with Crippen molar-refractivity contribution in [1.29, 1.82) is 0 Å². The summed E-state index contributed by atoms with van der Waals surface area (Å²) in [6.45, 7) is 3.18. The molecule has 2 N–H and O–H groups in total. The van der Waals surface area contributed by atoms with Crippen molar-refractivity contribution in [3.63, 3.8) is 0 Å². The number of hydrogen-bond donors (Lipinski definition) is 1. The predicted molar refractivity (Wildman–Crippen MR) is 65.2 cm³/mol. The van der Waals surface area contributed by atoms with Crippen LogP contribution in [0.25, 0.3) is 0 Å². The van der Waals surface area contributed by atoms with Gasteiger partial charge in [-0.25, -0.2) is 0 Å². The molecule has 0 aromatic heterocycles. The highest BCUT2D eigenvalue weighted by Crippen LogP contribution is 2.35. The molecule has 2 heteroatoms. The van der Waals surface area contributed by atoms with Crippen LogP contribution < -0.4 is 10.6 Å². The lowest BCUT2D eigenvalue weighted by Crippen LogP contribution is -2.29. The molecular formula is C13H20N2. The third kappa shape index (κ3) is 2.72. The Morgan fingerprint density at radius 2 is 2.13 bits per heavy atom. The van der Waals surface area contributed by atoms with E-state index in [0.717, 1.165) is 13.0 Å². The van der Waals surface area contributed by atoms with Crippen LogP contribution in [0.2, 0.25) is 0 Å². The van der Waals surface area contributed by atoms with Crippen molar-refractivity contribution in [2.75, 3.05) is 18.5 Å². The second-order valence-electron chi connectivity index (χ2n) is 4.87. The topological polar surface area (TPSA) is 29.3 Å². The van der Waals surface area contributed by atoms with Gasteiger partial charge in [0, 0.05) is 24.8 Å². The van der Waals surface area contributed by atoms with Crippen LogP contribution in [-0.2, 0) is 0 Å². The van der Waals surface area contributed by atoms with Crippen molar-refractivity contribution in [3.05, 3.63) is 29.8 Å². The molecule has 0 spiro atoms. The summed E-state index contributed by atoms with van der Waals surface area (Å²) >= 11 is 0. The summed E-state index contributed by atoms with van der Waals surface area (Å²) in [4.78, 5) is 2.29. The lowest BCUT2D eigenvalue weighted by Gasteiger charge is -2.21. The number of nitrogens with zero attached hydrogens (tertiary/aromatic N) is 1. The average Bonchev–Trinajstić information content (AvgIpc) is 2.94. The Labute approximate surface area is 92.1 Å². The molecule has 2 rings (SSSR count). The van der Waals surface area contributed by atoms with E-state index >= 15 is 0 Å². The molecule has 0 saturated heterocycles. The molecule has 0 radical (unpaired) electrons. The lowest BCUT2D eigenvalue weighted by atomic mass is 10.1. The Morgan fingerprint density at radius 3 is 2.73 bits per heavy atom. The van der Waals surface area contributed by atoms with E-state index in [1.54, 1.807) is 0 Å². The number of rotatable bonds is 4. The fourth-order valence-electron chi connectivity index (χ4n) is 1.80. The second-order valence-corrected chi connectivity index (χ2v) is 4.87. The summed E-state index contributed by atoms with van der Waals surface area (Å²) in [5, 5.41) is 0. The van der Waals surface area contributed by atoms with Crippen molar-refractivity contribution in [2.24, 2.45) is 5.73 Å². The van der Waals surface area contributed by atoms with Crippen LogP contribution >= 0.6 is 0 Å². The van der Waals surface area contributed by atoms with Gasteiger partial charge in [0.25, 0.3) is 0 Å².